The van der Waals surface area contributed by atoms with Crippen LogP contribution in [0, 0.1) is 5.41 Å². The molecule has 1 aromatic carbocycles. The largest absolute Gasteiger partial charge is 0.416 e. The standard InChI is InChI=1S/C34H45F3NO3S/c1-21(2)29-27-28(26-24(38-29)19-32(13-7-8-14-32)20-25(26)41-42(6)31(3,4)5)33(15-17-39-18-16-33)40-30(27)22-9-11-23(12-10-22)34(35,36)37/h9-12,21,25,30H,7-8,13-20H2,1-6H3/q+1/t25-,30+,42?/m0/s1. The number of benzene rings is 1. The second-order valence-corrected chi connectivity index (χ2v) is 16.6. The number of alkyl halides is 3. The molecule has 0 N–H and O–H groups in total. The summed E-state index contributed by atoms with van der Waals surface area (Å²) in [6.07, 6.45) is 5.53. The summed E-state index contributed by atoms with van der Waals surface area (Å²) in [5.41, 5.74) is 5.35. The molecule has 2 spiro atoms. The van der Waals surface area contributed by atoms with E-state index in [4.69, 9.17) is 18.6 Å². The highest BCUT2D eigenvalue weighted by Gasteiger charge is 2.55. The minimum atomic E-state index is -4.39. The van der Waals surface area contributed by atoms with Gasteiger partial charge in [-0.1, -0.05) is 38.8 Å². The Balaban J connectivity index is 1.57. The minimum Gasteiger partial charge on any atom is -0.381 e. The molecule has 3 heterocycles. The van der Waals surface area contributed by atoms with Crippen LogP contribution < -0.4 is 0 Å². The molecule has 4 nitrogen and oxygen atoms in total. The van der Waals surface area contributed by atoms with Crippen molar-refractivity contribution in [1.29, 1.82) is 0 Å². The third-order valence-electron chi connectivity index (χ3n) is 10.1. The molecule has 2 aliphatic heterocycles. The highest BCUT2D eigenvalue weighted by Crippen LogP contribution is 2.60. The summed E-state index contributed by atoms with van der Waals surface area (Å²) in [6, 6.07) is 5.53. The third-order valence-corrected chi connectivity index (χ3v) is 12.3. The van der Waals surface area contributed by atoms with E-state index >= 15 is 0 Å². The van der Waals surface area contributed by atoms with Gasteiger partial charge in [0.15, 0.2) is 4.75 Å². The maximum atomic E-state index is 13.5. The summed E-state index contributed by atoms with van der Waals surface area (Å²) in [7, 11) is 0. The van der Waals surface area contributed by atoms with Crippen LogP contribution in [-0.4, -0.2) is 29.2 Å². The molecule has 2 fully saturated rings. The van der Waals surface area contributed by atoms with Crippen molar-refractivity contribution in [3.05, 3.63) is 63.5 Å². The Bertz CT molecular complexity index is 1310. The van der Waals surface area contributed by atoms with E-state index < -0.39 is 23.4 Å². The molecule has 4 aliphatic rings. The molecule has 230 valence electrons. The van der Waals surface area contributed by atoms with Gasteiger partial charge in [0, 0.05) is 48.6 Å². The van der Waals surface area contributed by atoms with Gasteiger partial charge < -0.3 is 9.47 Å². The Morgan fingerprint density at radius 3 is 2.19 bits per heavy atom. The molecule has 1 saturated heterocycles. The summed E-state index contributed by atoms with van der Waals surface area (Å²) < 4.78 is 60.5. The van der Waals surface area contributed by atoms with Gasteiger partial charge in [-0.3, -0.25) is 4.98 Å². The summed E-state index contributed by atoms with van der Waals surface area (Å²) >= 11 is -0.292. The molecule has 2 aliphatic carbocycles. The zero-order chi connectivity index (χ0) is 30.1. The normalized spacial score (nSPS) is 25.7. The van der Waals surface area contributed by atoms with E-state index in [0.29, 0.717) is 26.1 Å². The lowest BCUT2D eigenvalue weighted by Crippen LogP contribution is -2.39. The third kappa shape index (κ3) is 5.33. The van der Waals surface area contributed by atoms with E-state index in [1.165, 1.54) is 48.9 Å². The monoisotopic (exact) mass is 604 g/mol. The van der Waals surface area contributed by atoms with Crippen LogP contribution in [0.1, 0.15) is 137 Å². The van der Waals surface area contributed by atoms with Crippen molar-refractivity contribution in [2.24, 2.45) is 5.41 Å². The van der Waals surface area contributed by atoms with E-state index in [2.05, 4.69) is 40.9 Å². The van der Waals surface area contributed by atoms with Gasteiger partial charge >= 0.3 is 6.18 Å². The number of hydrogen-bond donors (Lipinski definition) is 0. The van der Waals surface area contributed by atoms with Crippen molar-refractivity contribution < 1.29 is 26.8 Å². The number of fused-ring (bicyclic) bond motifs is 4. The molecule has 0 amide bonds. The van der Waals surface area contributed by atoms with Gasteiger partial charge in [0.05, 0.1) is 11.2 Å². The molecule has 42 heavy (non-hydrogen) atoms. The van der Waals surface area contributed by atoms with E-state index in [1.807, 2.05) is 0 Å². The molecule has 2 aromatic rings. The fourth-order valence-corrected chi connectivity index (χ4v) is 8.49. The number of ether oxygens (including phenoxy) is 2. The molecule has 0 bridgehead atoms. The predicted molar refractivity (Wildman–Crippen MR) is 161 cm³/mol. The molecule has 0 radical (unpaired) electrons. The van der Waals surface area contributed by atoms with E-state index in [-0.39, 0.29) is 33.4 Å². The number of nitrogens with zero attached hydrogens (tertiary/aromatic N) is 1. The number of hydrogen-bond acceptors (Lipinski definition) is 4. The molecule has 3 atom stereocenters. The first-order chi connectivity index (χ1) is 19.7. The number of rotatable bonds is 4. The van der Waals surface area contributed by atoms with Crippen molar-refractivity contribution >= 4 is 11.2 Å². The summed E-state index contributed by atoms with van der Waals surface area (Å²) in [5.74, 6) is 0.135. The summed E-state index contributed by atoms with van der Waals surface area (Å²) in [4.78, 5) is 5.47. The van der Waals surface area contributed by atoms with Gasteiger partial charge in [0.1, 0.15) is 29.6 Å². The Morgan fingerprint density at radius 1 is 0.976 bits per heavy atom. The lowest BCUT2D eigenvalue weighted by molar-refractivity contribution is -0.137. The highest BCUT2D eigenvalue weighted by molar-refractivity contribution is 7.93. The fraction of sp³-hybridized carbons (Fsp3) is 0.676. The van der Waals surface area contributed by atoms with Crippen molar-refractivity contribution in [3.63, 3.8) is 0 Å². The second kappa shape index (κ2) is 10.8. The highest BCUT2D eigenvalue weighted by atomic mass is 32.2. The zero-order valence-electron chi connectivity index (χ0n) is 25.8. The Hall–Kier alpha value is -1.61. The minimum absolute atomic E-state index is 0.00452. The zero-order valence-corrected chi connectivity index (χ0v) is 26.6. The van der Waals surface area contributed by atoms with Gasteiger partial charge in [0.2, 0.25) is 0 Å². The van der Waals surface area contributed by atoms with Crippen LogP contribution in [0.25, 0.3) is 0 Å². The van der Waals surface area contributed by atoms with E-state index in [1.54, 1.807) is 12.1 Å². The van der Waals surface area contributed by atoms with Crippen LogP contribution in [0.3, 0.4) is 0 Å². The average Bonchev–Trinajstić information content (AvgIpc) is 3.50. The molecule has 1 saturated carbocycles. The van der Waals surface area contributed by atoms with E-state index in [9.17, 15) is 13.2 Å². The fourth-order valence-electron chi connectivity index (χ4n) is 7.68. The van der Waals surface area contributed by atoms with Crippen LogP contribution in [0.15, 0.2) is 24.3 Å². The van der Waals surface area contributed by atoms with Gasteiger partial charge in [-0.15, -0.1) is 0 Å². The van der Waals surface area contributed by atoms with Gasteiger partial charge in [-0.05, 0) is 81.0 Å². The summed E-state index contributed by atoms with van der Waals surface area (Å²) in [6.45, 7) is 12.2. The number of pyridine rings is 1. The Morgan fingerprint density at radius 2 is 1.62 bits per heavy atom. The van der Waals surface area contributed by atoms with Crippen LogP contribution >= 0.6 is 0 Å². The van der Waals surface area contributed by atoms with Crippen LogP contribution in [0.4, 0.5) is 13.2 Å². The van der Waals surface area contributed by atoms with E-state index in [0.717, 1.165) is 35.4 Å². The lowest BCUT2D eigenvalue weighted by atomic mass is 9.67. The quantitative estimate of drug-likeness (QED) is 0.327. The molecular formula is C34H45F3NO3S+. The van der Waals surface area contributed by atoms with Crippen molar-refractivity contribution in [2.75, 3.05) is 19.5 Å². The molecule has 6 rings (SSSR count). The first-order valence-electron chi connectivity index (χ1n) is 15.6. The Labute approximate surface area is 251 Å². The number of aromatic nitrogens is 1. The molecule has 1 aromatic heterocycles. The van der Waals surface area contributed by atoms with Crippen molar-refractivity contribution in [3.8, 4) is 0 Å². The average molecular weight is 605 g/mol. The van der Waals surface area contributed by atoms with Crippen LogP contribution in [-0.2, 0) is 43.0 Å². The molecular weight excluding hydrogens is 559 g/mol. The predicted octanol–water partition coefficient (Wildman–Crippen LogP) is 8.88. The second-order valence-electron chi connectivity index (χ2n) is 14.3. The molecule has 8 heteroatoms. The first-order valence-corrected chi connectivity index (χ1v) is 17.1. The number of halogens is 3. The lowest BCUT2D eigenvalue weighted by Gasteiger charge is -2.42. The van der Waals surface area contributed by atoms with Gasteiger partial charge in [-0.25, -0.2) is 0 Å². The molecule has 1 unspecified atom stereocenters. The topological polar surface area (TPSA) is 40.6 Å². The van der Waals surface area contributed by atoms with Crippen molar-refractivity contribution in [2.45, 2.75) is 121 Å². The van der Waals surface area contributed by atoms with Crippen molar-refractivity contribution in [1.82, 2.24) is 4.98 Å². The smallest absolute Gasteiger partial charge is 0.381 e. The first kappa shape index (κ1) is 30.4. The SMILES string of the molecule is CC(C)c1nc2c(c3c1[C@@H](c1ccc(C(F)(F)F)cc1)OC31CCOCC1)[C@@H](O[S+](C)C(C)(C)C)CC1(CCCC1)C2. The van der Waals surface area contributed by atoms with Crippen LogP contribution in [0.2, 0.25) is 0 Å². The van der Waals surface area contributed by atoms with Gasteiger partial charge in [0.25, 0.3) is 0 Å². The maximum absolute atomic E-state index is 13.5. The maximum Gasteiger partial charge on any atom is 0.416 e. The van der Waals surface area contributed by atoms with Crippen LogP contribution in [0.5, 0.6) is 0 Å². The summed E-state index contributed by atoms with van der Waals surface area (Å²) in [5, 5.41) is 0. The van der Waals surface area contributed by atoms with Gasteiger partial charge in [-0.2, -0.15) is 17.4 Å². The Kier molecular flexibility index (Phi) is 7.81.